The lowest BCUT2D eigenvalue weighted by molar-refractivity contribution is -0.156. The van der Waals surface area contributed by atoms with E-state index in [1.807, 2.05) is 53.7 Å². The summed E-state index contributed by atoms with van der Waals surface area (Å²) in [6.07, 6.45) is 29.1. The lowest BCUT2D eigenvalue weighted by Crippen LogP contribution is -2.40. The fourth-order valence-corrected chi connectivity index (χ4v) is 2.99. The third kappa shape index (κ3) is 32.6. The van der Waals surface area contributed by atoms with Gasteiger partial charge in [-0.25, -0.2) is 9.59 Å². The number of hydrogen-bond donors (Lipinski definition) is 2. The van der Waals surface area contributed by atoms with Crippen LogP contribution >= 0.6 is 0 Å². The summed E-state index contributed by atoms with van der Waals surface area (Å²) in [6, 6.07) is -1.05. The van der Waals surface area contributed by atoms with Crippen molar-refractivity contribution in [3.63, 3.8) is 0 Å². The highest BCUT2D eigenvalue weighted by Gasteiger charge is 2.20. The molecule has 0 aliphatic carbocycles. The SMILES string of the molecule is CC.CC.CC/C=C\C/C=C\C/C=C\C/C=C\C/C=C\CCCC(=O)OC(=O)/C=C/C(=O)N[C@@H](CC(C)C)C(=O)O. The van der Waals surface area contributed by atoms with Gasteiger partial charge in [-0.3, -0.25) is 9.59 Å². The van der Waals surface area contributed by atoms with Crippen LogP contribution < -0.4 is 5.32 Å². The molecular weight excluding hydrogens is 518 g/mol. The number of ether oxygens (including phenoxy) is 1. The van der Waals surface area contributed by atoms with Gasteiger partial charge in [0.1, 0.15) is 6.04 Å². The minimum absolute atomic E-state index is 0.0718. The van der Waals surface area contributed by atoms with E-state index in [0.29, 0.717) is 12.8 Å². The molecular formula is C34H55NO6. The summed E-state index contributed by atoms with van der Waals surface area (Å²) in [5.74, 6) is -3.46. The van der Waals surface area contributed by atoms with Gasteiger partial charge in [0.15, 0.2) is 0 Å². The number of carbonyl (C=O) groups excluding carboxylic acids is 3. The van der Waals surface area contributed by atoms with Gasteiger partial charge in [0, 0.05) is 18.6 Å². The number of allylic oxidation sites excluding steroid dienone is 10. The first-order valence-corrected chi connectivity index (χ1v) is 15.0. The molecule has 1 amide bonds. The normalized spacial score (nSPS) is 12.2. The van der Waals surface area contributed by atoms with Crippen LogP contribution in [-0.4, -0.2) is 35.0 Å². The molecule has 41 heavy (non-hydrogen) atoms. The Balaban J connectivity index is -0.00000344. The third-order valence-corrected chi connectivity index (χ3v) is 4.82. The van der Waals surface area contributed by atoms with Gasteiger partial charge < -0.3 is 15.2 Å². The van der Waals surface area contributed by atoms with E-state index < -0.39 is 29.9 Å². The summed E-state index contributed by atoms with van der Waals surface area (Å²) in [7, 11) is 0. The molecule has 0 radical (unpaired) electrons. The number of amides is 1. The van der Waals surface area contributed by atoms with Crippen molar-refractivity contribution in [3.05, 3.63) is 72.9 Å². The summed E-state index contributed by atoms with van der Waals surface area (Å²) in [4.78, 5) is 46.4. The molecule has 7 heteroatoms. The number of carbonyl (C=O) groups is 4. The van der Waals surface area contributed by atoms with Gasteiger partial charge >= 0.3 is 17.9 Å². The van der Waals surface area contributed by atoms with Crippen molar-refractivity contribution in [3.8, 4) is 0 Å². The predicted octanol–water partition coefficient (Wildman–Crippen LogP) is 8.20. The zero-order chi connectivity index (χ0) is 31.7. The van der Waals surface area contributed by atoms with Crippen LogP contribution in [0.5, 0.6) is 0 Å². The maximum absolute atomic E-state index is 11.8. The third-order valence-electron chi connectivity index (χ3n) is 4.82. The van der Waals surface area contributed by atoms with Crippen molar-refractivity contribution in [1.29, 1.82) is 0 Å². The Kier molecular flexibility index (Phi) is 33.5. The van der Waals surface area contributed by atoms with Crippen LogP contribution in [0.25, 0.3) is 0 Å². The van der Waals surface area contributed by atoms with E-state index in [2.05, 4.69) is 65.6 Å². The van der Waals surface area contributed by atoms with Gasteiger partial charge in [0.25, 0.3) is 0 Å². The highest BCUT2D eigenvalue weighted by Crippen LogP contribution is 2.05. The monoisotopic (exact) mass is 573 g/mol. The first-order valence-electron chi connectivity index (χ1n) is 15.0. The average molecular weight is 574 g/mol. The highest BCUT2D eigenvalue weighted by molar-refractivity contribution is 5.99. The summed E-state index contributed by atoms with van der Waals surface area (Å²) in [5, 5.41) is 11.4. The number of nitrogens with one attached hydrogen (secondary N) is 1. The van der Waals surface area contributed by atoms with Crippen molar-refractivity contribution in [2.45, 2.75) is 112 Å². The molecule has 0 bridgehead atoms. The zero-order valence-electron chi connectivity index (χ0n) is 26.4. The van der Waals surface area contributed by atoms with E-state index in [9.17, 15) is 19.2 Å². The molecule has 1 atom stereocenters. The number of unbranched alkanes of at least 4 members (excludes halogenated alkanes) is 1. The molecule has 0 saturated heterocycles. The Morgan fingerprint density at radius 3 is 1.63 bits per heavy atom. The molecule has 0 aliphatic heterocycles. The minimum Gasteiger partial charge on any atom is -0.480 e. The molecule has 0 rings (SSSR count). The van der Waals surface area contributed by atoms with E-state index in [1.165, 1.54) is 0 Å². The topological polar surface area (TPSA) is 110 Å². The number of rotatable bonds is 19. The second-order valence-corrected chi connectivity index (χ2v) is 8.76. The van der Waals surface area contributed by atoms with Gasteiger partial charge in [-0.1, -0.05) is 109 Å². The van der Waals surface area contributed by atoms with E-state index in [1.54, 1.807) is 0 Å². The molecule has 0 aliphatic rings. The molecule has 0 spiro atoms. The number of aliphatic carboxylic acids is 1. The van der Waals surface area contributed by atoms with Crippen molar-refractivity contribution in [1.82, 2.24) is 5.32 Å². The van der Waals surface area contributed by atoms with Crippen LogP contribution in [0.1, 0.15) is 106 Å². The first-order chi connectivity index (χ1) is 19.8. The summed E-state index contributed by atoms with van der Waals surface area (Å²) >= 11 is 0. The van der Waals surface area contributed by atoms with Crippen LogP contribution in [-0.2, 0) is 23.9 Å². The number of esters is 2. The standard InChI is InChI=1S/C30H43NO6.2C2H6/c1-4-5-6-7-8-9-10-11-12-13-14-15-16-17-18-19-20-21-28(33)37-29(34)23-22-27(32)31-26(30(35)36)24-25(2)3;2*1-2/h5-6,8-9,11-12,14-15,17-18,22-23,25-26H,4,7,10,13,16,19-21,24H2,1-3H3,(H,31,32)(H,35,36);2*1-2H3/b6-5-,9-8-,12-11-,15-14-,18-17-,23-22+;;/t26-;;/m0../s1. The van der Waals surface area contributed by atoms with Crippen LogP contribution in [0, 0.1) is 5.92 Å². The molecule has 0 aromatic carbocycles. The van der Waals surface area contributed by atoms with Gasteiger partial charge in [0.2, 0.25) is 5.91 Å². The largest absolute Gasteiger partial charge is 0.480 e. The molecule has 0 heterocycles. The summed E-state index contributed by atoms with van der Waals surface area (Å²) in [5.41, 5.74) is 0. The number of carboxylic acids is 1. The molecule has 0 aromatic rings. The van der Waals surface area contributed by atoms with E-state index in [4.69, 9.17) is 5.11 Å². The Bertz CT molecular complexity index is 862. The maximum Gasteiger partial charge on any atom is 0.338 e. The Morgan fingerprint density at radius 1 is 0.732 bits per heavy atom. The average Bonchev–Trinajstić information content (AvgIpc) is 2.95. The van der Waals surface area contributed by atoms with Gasteiger partial charge in [-0.15, -0.1) is 0 Å². The van der Waals surface area contributed by atoms with Crippen molar-refractivity contribution in [2.75, 3.05) is 0 Å². The first kappa shape index (κ1) is 42.0. The molecule has 0 fully saturated rings. The highest BCUT2D eigenvalue weighted by atomic mass is 16.6. The smallest absolute Gasteiger partial charge is 0.338 e. The fraction of sp³-hybridized carbons (Fsp3) is 0.529. The minimum atomic E-state index is -1.15. The van der Waals surface area contributed by atoms with Gasteiger partial charge in [-0.2, -0.15) is 0 Å². The van der Waals surface area contributed by atoms with E-state index in [0.717, 1.165) is 44.3 Å². The van der Waals surface area contributed by atoms with Crippen molar-refractivity contribution < 1.29 is 29.0 Å². The van der Waals surface area contributed by atoms with Crippen LogP contribution in [0.15, 0.2) is 72.9 Å². The fourth-order valence-electron chi connectivity index (χ4n) is 2.99. The molecule has 2 N–H and O–H groups in total. The Morgan fingerprint density at radius 2 is 1.20 bits per heavy atom. The zero-order valence-corrected chi connectivity index (χ0v) is 26.4. The predicted molar refractivity (Wildman–Crippen MR) is 170 cm³/mol. The van der Waals surface area contributed by atoms with Crippen LogP contribution in [0.2, 0.25) is 0 Å². The van der Waals surface area contributed by atoms with Crippen molar-refractivity contribution in [2.24, 2.45) is 5.92 Å². The number of carboxylic acid groups (broad SMARTS) is 1. The maximum atomic E-state index is 11.8. The summed E-state index contributed by atoms with van der Waals surface area (Å²) < 4.78 is 4.64. The lowest BCUT2D eigenvalue weighted by atomic mass is 10.0. The molecule has 0 unspecified atom stereocenters. The second kappa shape index (κ2) is 32.7. The Hall–Kier alpha value is -3.48. The number of hydrogen-bond acceptors (Lipinski definition) is 5. The van der Waals surface area contributed by atoms with Crippen LogP contribution in [0.3, 0.4) is 0 Å². The van der Waals surface area contributed by atoms with Crippen LogP contribution in [0.4, 0.5) is 0 Å². The Labute approximate surface area is 249 Å². The molecule has 232 valence electrons. The molecule has 7 nitrogen and oxygen atoms in total. The van der Waals surface area contributed by atoms with E-state index in [-0.39, 0.29) is 18.8 Å². The quantitative estimate of drug-likeness (QED) is 0.0530. The van der Waals surface area contributed by atoms with Gasteiger partial charge in [0.05, 0.1) is 0 Å². The lowest BCUT2D eigenvalue weighted by Gasteiger charge is -2.15. The molecule has 0 aromatic heterocycles. The van der Waals surface area contributed by atoms with Crippen molar-refractivity contribution >= 4 is 23.8 Å². The summed E-state index contributed by atoms with van der Waals surface area (Å²) in [6.45, 7) is 13.8. The molecule has 0 saturated carbocycles. The van der Waals surface area contributed by atoms with Gasteiger partial charge in [-0.05, 0) is 57.3 Å². The van der Waals surface area contributed by atoms with E-state index >= 15 is 0 Å². The second-order valence-electron chi connectivity index (χ2n) is 8.76.